The highest BCUT2D eigenvalue weighted by molar-refractivity contribution is 14.1. The molecule has 166 valence electrons. The van der Waals surface area contributed by atoms with Crippen molar-refractivity contribution < 1.29 is 36.2 Å². The largest absolute Gasteiger partial charge is 0.464 e. The van der Waals surface area contributed by atoms with Crippen molar-refractivity contribution in [1.29, 1.82) is 5.26 Å². The third kappa shape index (κ3) is 4.33. The third-order valence-electron chi connectivity index (χ3n) is 4.26. The number of carbonyl (C=O) groups is 1. The fourth-order valence-corrected chi connectivity index (χ4v) is 3.28. The number of ether oxygens (including phenoxy) is 2. The molecule has 0 radical (unpaired) electrons. The van der Waals surface area contributed by atoms with Crippen LogP contribution in [-0.2, 0) is 10.9 Å². The lowest BCUT2D eigenvalue weighted by atomic mass is 10.2. The van der Waals surface area contributed by atoms with Gasteiger partial charge in [0.2, 0.25) is 0 Å². The predicted molar refractivity (Wildman–Crippen MR) is 110 cm³/mol. The van der Waals surface area contributed by atoms with Gasteiger partial charge in [-0.25, -0.2) is 13.6 Å². The van der Waals surface area contributed by atoms with Gasteiger partial charge in [-0.1, -0.05) is 0 Å². The lowest BCUT2D eigenvalue weighted by molar-refractivity contribution is -0.138. The van der Waals surface area contributed by atoms with Crippen molar-refractivity contribution in [1.82, 2.24) is 4.57 Å². The number of nitrogens with two attached hydrogens (primary N) is 1. The Morgan fingerprint density at radius 2 is 1.81 bits per heavy atom. The molecule has 3 rings (SSSR count). The molecule has 0 saturated heterocycles. The van der Waals surface area contributed by atoms with Crippen LogP contribution in [0.25, 0.3) is 5.69 Å². The first-order valence-electron chi connectivity index (χ1n) is 8.51. The van der Waals surface area contributed by atoms with Crippen LogP contribution in [0.4, 0.5) is 27.6 Å². The average molecular weight is 563 g/mol. The summed E-state index contributed by atoms with van der Waals surface area (Å²) in [6, 6.07) is 6.24. The fraction of sp³-hybridized carbons (Fsp3) is 0.100. The molecule has 6 nitrogen and oxygen atoms in total. The molecule has 0 atom stereocenters. The van der Waals surface area contributed by atoms with E-state index in [1.807, 2.05) is 22.6 Å². The zero-order chi connectivity index (χ0) is 23.8. The van der Waals surface area contributed by atoms with Crippen molar-refractivity contribution in [2.75, 3.05) is 12.8 Å². The van der Waals surface area contributed by atoms with Gasteiger partial charge in [-0.2, -0.15) is 18.4 Å². The van der Waals surface area contributed by atoms with Gasteiger partial charge in [-0.15, -0.1) is 0 Å². The predicted octanol–water partition coefficient (Wildman–Crippen LogP) is 5.41. The van der Waals surface area contributed by atoms with Crippen molar-refractivity contribution >= 4 is 34.2 Å². The summed E-state index contributed by atoms with van der Waals surface area (Å²) in [5.74, 6) is -5.38. The number of nitrogens with zero attached hydrogens (tertiary/aromatic N) is 2. The summed E-state index contributed by atoms with van der Waals surface area (Å²) in [4.78, 5) is 12.3. The van der Waals surface area contributed by atoms with Crippen molar-refractivity contribution in [2.24, 2.45) is 0 Å². The van der Waals surface area contributed by atoms with Gasteiger partial charge in [0.15, 0.2) is 28.8 Å². The first-order valence-corrected chi connectivity index (χ1v) is 9.59. The van der Waals surface area contributed by atoms with Crippen LogP contribution in [0, 0.1) is 26.5 Å². The van der Waals surface area contributed by atoms with Gasteiger partial charge >= 0.3 is 12.1 Å². The van der Waals surface area contributed by atoms with Gasteiger partial charge in [0.05, 0.1) is 29.6 Å². The van der Waals surface area contributed by atoms with Crippen LogP contribution in [0.1, 0.15) is 21.6 Å². The summed E-state index contributed by atoms with van der Waals surface area (Å²) >= 11 is 1.91. The Hall–Kier alpha value is -3.34. The van der Waals surface area contributed by atoms with E-state index in [2.05, 4.69) is 0 Å². The van der Waals surface area contributed by atoms with E-state index in [9.17, 15) is 32.0 Å². The molecule has 0 bridgehead atoms. The standard InChI is InChI=1S/C20H11F5IN3O3/c1-31-19(30)17-16(28)9(7-27)8-29(17)14-6-11(26)2-3-15(14)32-18-12(21)4-10(5-13(18)22)20(23,24)25/h2-6,8H,28H2,1H3. The molecule has 12 heteroatoms. The summed E-state index contributed by atoms with van der Waals surface area (Å²) in [6.07, 6.45) is -3.76. The molecule has 0 amide bonds. The number of hydrogen-bond acceptors (Lipinski definition) is 5. The highest BCUT2D eigenvalue weighted by Crippen LogP contribution is 2.38. The number of alkyl halides is 3. The molecule has 0 aliphatic heterocycles. The number of hydrogen-bond donors (Lipinski definition) is 1. The summed E-state index contributed by atoms with van der Waals surface area (Å²) < 4.78 is 78.7. The van der Waals surface area contributed by atoms with Gasteiger partial charge in [0.25, 0.3) is 0 Å². The second kappa shape index (κ2) is 8.65. The van der Waals surface area contributed by atoms with E-state index >= 15 is 0 Å². The van der Waals surface area contributed by atoms with Crippen LogP contribution < -0.4 is 10.5 Å². The first kappa shape index (κ1) is 23.3. The van der Waals surface area contributed by atoms with Crippen LogP contribution in [0.3, 0.4) is 0 Å². The second-order valence-electron chi connectivity index (χ2n) is 6.26. The van der Waals surface area contributed by atoms with E-state index in [1.165, 1.54) is 24.4 Å². The summed E-state index contributed by atoms with van der Waals surface area (Å²) in [6.45, 7) is 0. The Morgan fingerprint density at radius 1 is 1.19 bits per heavy atom. The van der Waals surface area contributed by atoms with Crippen LogP contribution in [-0.4, -0.2) is 17.6 Å². The second-order valence-corrected chi connectivity index (χ2v) is 7.50. The number of nitrogen functional groups attached to an aromatic ring is 1. The highest BCUT2D eigenvalue weighted by atomic mass is 127. The minimum absolute atomic E-state index is 0.0317. The molecular weight excluding hydrogens is 552 g/mol. The fourth-order valence-electron chi connectivity index (χ4n) is 2.80. The summed E-state index contributed by atoms with van der Waals surface area (Å²) in [5, 5.41) is 9.26. The van der Waals surface area contributed by atoms with Gasteiger partial charge in [0, 0.05) is 9.77 Å². The number of aromatic nitrogens is 1. The average Bonchev–Trinajstić information content (AvgIpc) is 3.06. The number of anilines is 1. The number of nitriles is 1. The molecule has 1 heterocycles. The maximum absolute atomic E-state index is 14.3. The molecule has 1 aromatic heterocycles. The topological polar surface area (TPSA) is 90.3 Å². The van der Waals surface area contributed by atoms with E-state index in [0.29, 0.717) is 3.57 Å². The van der Waals surface area contributed by atoms with E-state index in [4.69, 9.17) is 15.2 Å². The molecule has 3 aromatic rings. The van der Waals surface area contributed by atoms with Crippen LogP contribution in [0.2, 0.25) is 0 Å². The van der Waals surface area contributed by atoms with Gasteiger partial charge in [0.1, 0.15) is 6.07 Å². The number of benzene rings is 2. The van der Waals surface area contributed by atoms with E-state index in [-0.39, 0.29) is 40.5 Å². The summed E-state index contributed by atoms with van der Waals surface area (Å²) in [7, 11) is 1.09. The molecule has 2 aromatic carbocycles. The quantitative estimate of drug-likeness (QED) is 0.261. The van der Waals surface area contributed by atoms with Crippen molar-refractivity contribution in [3.05, 3.63) is 68.6 Å². The Bertz CT molecular complexity index is 1240. The molecule has 0 aliphatic carbocycles. The van der Waals surface area contributed by atoms with E-state index < -0.39 is 35.1 Å². The van der Waals surface area contributed by atoms with Crippen LogP contribution in [0.5, 0.6) is 11.5 Å². The maximum atomic E-state index is 14.3. The van der Waals surface area contributed by atoms with Gasteiger partial charge in [-0.05, 0) is 52.9 Å². The zero-order valence-electron chi connectivity index (χ0n) is 15.9. The maximum Gasteiger partial charge on any atom is 0.416 e. The number of rotatable bonds is 4. The third-order valence-corrected chi connectivity index (χ3v) is 4.93. The van der Waals surface area contributed by atoms with Crippen molar-refractivity contribution in [3.63, 3.8) is 0 Å². The minimum Gasteiger partial charge on any atom is -0.464 e. The molecule has 0 unspecified atom stereocenters. The SMILES string of the molecule is COC(=O)c1c(N)c(C#N)cn1-c1cc(I)ccc1Oc1c(F)cc(C(F)(F)F)cc1F. The molecule has 0 aliphatic rings. The molecule has 2 N–H and O–H groups in total. The number of carbonyl (C=O) groups excluding carboxylic acids is 1. The lowest BCUT2D eigenvalue weighted by Gasteiger charge is -2.16. The van der Waals surface area contributed by atoms with E-state index in [0.717, 1.165) is 11.7 Å². The minimum atomic E-state index is -4.96. The van der Waals surface area contributed by atoms with Crippen LogP contribution in [0.15, 0.2) is 36.5 Å². The molecular formula is C20H11F5IN3O3. The molecule has 32 heavy (non-hydrogen) atoms. The zero-order valence-corrected chi connectivity index (χ0v) is 18.1. The molecule has 0 spiro atoms. The smallest absolute Gasteiger partial charge is 0.416 e. The van der Waals surface area contributed by atoms with Crippen LogP contribution >= 0.6 is 22.6 Å². The normalized spacial score (nSPS) is 11.2. The Labute approximate surface area is 191 Å². The van der Waals surface area contributed by atoms with E-state index in [1.54, 1.807) is 6.07 Å². The lowest BCUT2D eigenvalue weighted by Crippen LogP contribution is -2.12. The highest BCUT2D eigenvalue weighted by Gasteiger charge is 2.33. The summed E-state index contributed by atoms with van der Waals surface area (Å²) in [5.41, 5.74) is 3.85. The number of halogens is 6. The van der Waals surface area contributed by atoms with Crippen molar-refractivity contribution in [3.8, 4) is 23.3 Å². The first-order chi connectivity index (χ1) is 15.0. The number of methoxy groups -OCH3 is 1. The Kier molecular flexibility index (Phi) is 6.31. The van der Waals surface area contributed by atoms with Crippen molar-refractivity contribution in [2.45, 2.75) is 6.18 Å². The molecule has 0 saturated carbocycles. The number of esters is 1. The molecule has 0 fully saturated rings. The Morgan fingerprint density at radius 3 is 2.34 bits per heavy atom. The van der Waals surface area contributed by atoms with Gasteiger partial charge < -0.3 is 19.8 Å². The van der Waals surface area contributed by atoms with Gasteiger partial charge in [-0.3, -0.25) is 0 Å². The Balaban J connectivity index is 2.19. The monoisotopic (exact) mass is 563 g/mol.